The van der Waals surface area contributed by atoms with E-state index in [1.807, 2.05) is 48.5 Å². The van der Waals surface area contributed by atoms with Crippen LogP contribution in [0.3, 0.4) is 0 Å². The van der Waals surface area contributed by atoms with Gasteiger partial charge in [-0.05, 0) is 75.6 Å². The summed E-state index contributed by atoms with van der Waals surface area (Å²) in [5.74, 6) is 1.28. The van der Waals surface area contributed by atoms with Crippen LogP contribution in [0.25, 0.3) is 22.8 Å². The van der Waals surface area contributed by atoms with Crippen molar-refractivity contribution in [3.05, 3.63) is 96.6 Å². The monoisotopic (exact) mass is 538 g/mol. The highest BCUT2D eigenvalue weighted by Crippen LogP contribution is 2.29. The molecule has 2 aromatic carbocycles. The van der Waals surface area contributed by atoms with Crippen molar-refractivity contribution in [2.24, 2.45) is 0 Å². The number of rotatable bonds is 2. The minimum atomic E-state index is -0.00493. The number of H-pyrrole nitrogens is 1. The smallest absolute Gasteiger partial charge is 0.254 e. The molecule has 2 heterocycles. The van der Waals surface area contributed by atoms with Crippen LogP contribution in [-0.4, -0.2) is 19.9 Å². The Morgan fingerprint density at radius 2 is 1.25 bits per heavy atom. The van der Waals surface area contributed by atoms with Crippen LogP contribution < -0.4 is 5.56 Å². The maximum Gasteiger partial charge on any atom is 0.254 e. The van der Waals surface area contributed by atoms with Crippen molar-refractivity contribution in [3.63, 3.8) is 0 Å². The maximum atomic E-state index is 12.0. The van der Waals surface area contributed by atoms with Crippen LogP contribution in [0, 0.1) is 0 Å². The maximum absolute atomic E-state index is 12.0. The Hall–Kier alpha value is -2.73. The fourth-order valence-electron chi connectivity index (χ4n) is 4.68. The Labute approximate surface area is 224 Å². The highest BCUT2D eigenvalue weighted by molar-refractivity contribution is 6.31. The predicted octanol–water partition coefficient (Wildman–Crippen LogP) is 7.30. The fraction of sp³-hybridized carbons (Fsp3) is 0.286. The second-order valence-electron chi connectivity index (χ2n) is 9.04. The standard InChI is InChI=1S/C14H12Cl2N2.C14H13ClN2O/c15-10-5-3-4-9(8-10)14-17-12-7-2-1-6-11(12)13(16)18-14;15-10-5-3-4-9(8-10)13-16-12-7-2-1-6-11(12)14(18)17-13/h3-5,8H,1-2,6-7H2;3-5,8H,1-2,6-7H2,(H,16,17,18). The predicted molar refractivity (Wildman–Crippen MR) is 146 cm³/mol. The van der Waals surface area contributed by atoms with E-state index < -0.39 is 0 Å². The summed E-state index contributed by atoms with van der Waals surface area (Å²) >= 11 is 18.2. The lowest BCUT2D eigenvalue weighted by Gasteiger charge is -2.16. The molecular weight excluding hydrogens is 515 g/mol. The van der Waals surface area contributed by atoms with Gasteiger partial charge in [0.2, 0.25) is 0 Å². The van der Waals surface area contributed by atoms with Crippen LogP contribution in [0.1, 0.15) is 48.2 Å². The van der Waals surface area contributed by atoms with Crippen LogP contribution in [-0.2, 0) is 25.7 Å². The third kappa shape index (κ3) is 5.64. The van der Waals surface area contributed by atoms with E-state index in [-0.39, 0.29) is 5.56 Å². The third-order valence-electron chi connectivity index (χ3n) is 6.51. The summed E-state index contributed by atoms with van der Waals surface area (Å²) in [6, 6.07) is 14.9. The molecule has 36 heavy (non-hydrogen) atoms. The number of fused-ring (bicyclic) bond motifs is 2. The molecule has 5 nitrogen and oxygen atoms in total. The van der Waals surface area contributed by atoms with Crippen LogP contribution in [0.4, 0.5) is 0 Å². The summed E-state index contributed by atoms with van der Waals surface area (Å²) < 4.78 is 0. The first kappa shape index (κ1) is 24.9. The van der Waals surface area contributed by atoms with Gasteiger partial charge in [-0.25, -0.2) is 15.0 Å². The molecule has 0 spiro atoms. The molecule has 0 atom stereocenters. The molecule has 4 aromatic rings. The molecule has 2 aliphatic carbocycles. The van der Waals surface area contributed by atoms with E-state index in [4.69, 9.17) is 34.8 Å². The molecule has 6 rings (SSSR count). The number of hydrogen-bond donors (Lipinski definition) is 1. The van der Waals surface area contributed by atoms with Crippen molar-refractivity contribution in [3.8, 4) is 22.8 Å². The average molecular weight is 540 g/mol. The number of aryl methyl sites for hydroxylation is 2. The van der Waals surface area contributed by atoms with Crippen molar-refractivity contribution >= 4 is 34.8 Å². The summed E-state index contributed by atoms with van der Waals surface area (Å²) in [5, 5.41) is 1.92. The second-order valence-corrected chi connectivity index (χ2v) is 10.3. The fourth-order valence-corrected chi connectivity index (χ4v) is 5.34. The van der Waals surface area contributed by atoms with Gasteiger partial charge in [0.1, 0.15) is 11.0 Å². The molecule has 0 bridgehead atoms. The lowest BCUT2D eigenvalue weighted by atomic mass is 9.97. The number of aromatic nitrogens is 4. The van der Waals surface area contributed by atoms with Crippen molar-refractivity contribution in [2.45, 2.75) is 51.4 Å². The summed E-state index contributed by atoms with van der Waals surface area (Å²) in [4.78, 5) is 28.5. The molecule has 0 fully saturated rings. The molecular formula is C28H25Cl3N4O. The van der Waals surface area contributed by atoms with E-state index in [1.165, 1.54) is 12.8 Å². The first-order valence-electron chi connectivity index (χ1n) is 12.2. The Kier molecular flexibility index (Phi) is 7.70. The second kappa shape index (κ2) is 11.1. The molecule has 184 valence electrons. The summed E-state index contributed by atoms with van der Waals surface area (Å²) in [7, 11) is 0. The largest absolute Gasteiger partial charge is 0.306 e. The van der Waals surface area contributed by atoms with Crippen molar-refractivity contribution in [1.82, 2.24) is 19.9 Å². The van der Waals surface area contributed by atoms with E-state index >= 15 is 0 Å². The molecule has 2 aromatic heterocycles. The number of nitrogens with zero attached hydrogens (tertiary/aromatic N) is 3. The molecule has 2 aliphatic rings. The highest BCUT2D eigenvalue weighted by atomic mass is 35.5. The Balaban J connectivity index is 0.000000148. The van der Waals surface area contributed by atoms with Crippen LogP contribution in [0.2, 0.25) is 15.2 Å². The number of nitrogens with one attached hydrogen (secondary N) is 1. The van der Waals surface area contributed by atoms with Crippen molar-refractivity contribution in [2.75, 3.05) is 0 Å². The van der Waals surface area contributed by atoms with Crippen molar-refractivity contribution < 1.29 is 0 Å². The van der Waals surface area contributed by atoms with Gasteiger partial charge in [-0.2, -0.15) is 0 Å². The van der Waals surface area contributed by atoms with Crippen LogP contribution in [0.15, 0.2) is 53.3 Å². The lowest BCUT2D eigenvalue weighted by Crippen LogP contribution is -2.21. The number of aromatic amines is 1. The van der Waals surface area contributed by atoms with Gasteiger partial charge in [0, 0.05) is 38.0 Å². The Bertz CT molecular complexity index is 1470. The van der Waals surface area contributed by atoms with Crippen LogP contribution >= 0.6 is 34.8 Å². The number of benzene rings is 2. The van der Waals surface area contributed by atoms with Gasteiger partial charge in [0.25, 0.3) is 5.56 Å². The number of halogens is 3. The molecule has 0 unspecified atom stereocenters. The Morgan fingerprint density at radius 1 is 0.667 bits per heavy atom. The SMILES string of the molecule is Clc1cccc(-c2nc(Cl)c3c(n2)CCCC3)c1.O=c1[nH]c(-c2cccc(Cl)c2)nc2c1CCCC2. The molecule has 0 aliphatic heterocycles. The molecule has 8 heteroatoms. The summed E-state index contributed by atoms with van der Waals surface area (Å²) in [5.41, 5.74) is 5.78. The highest BCUT2D eigenvalue weighted by Gasteiger charge is 2.18. The molecule has 0 radical (unpaired) electrons. The Morgan fingerprint density at radius 3 is 1.94 bits per heavy atom. The summed E-state index contributed by atoms with van der Waals surface area (Å²) in [6.07, 6.45) is 8.25. The van der Waals surface area contributed by atoms with Gasteiger partial charge in [0.15, 0.2) is 5.82 Å². The third-order valence-corrected chi connectivity index (χ3v) is 7.29. The van der Waals surface area contributed by atoms with E-state index in [0.29, 0.717) is 26.8 Å². The normalized spacial score (nSPS) is 14.3. The first-order valence-corrected chi connectivity index (χ1v) is 13.3. The van der Waals surface area contributed by atoms with E-state index in [9.17, 15) is 4.79 Å². The van der Waals surface area contributed by atoms with E-state index in [1.54, 1.807) is 0 Å². The minimum absolute atomic E-state index is 0.00493. The zero-order valence-electron chi connectivity index (χ0n) is 19.7. The molecule has 0 amide bonds. The molecule has 0 saturated heterocycles. The van der Waals surface area contributed by atoms with Gasteiger partial charge in [0.05, 0.1) is 5.69 Å². The zero-order valence-corrected chi connectivity index (χ0v) is 21.9. The number of hydrogen-bond acceptors (Lipinski definition) is 4. The van der Waals surface area contributed by atoms with Gasteiger partial charge in [-0.15, -0.1) is 0 Å². The average Bonchev–Trinajstić information content (AvgIpc) is 2.89. The minimum Gasteiger partial charge on any atom is -0.306 e. The zero-order chi connectivity index (χ0) is 25.1. The van der Waals surface area contributed by atoms with Crippen molar-refractivity contribution in [1.29, 1.82) is 0 Å². The van der Waals surface area contributed by atoms with E-state index in [2.05, 4.69) is 19.9 Å². The van der Waals surface area contributed by atoms with Gasteiger partial charge < -0.3 is 4.98 Å². The van der Waals surface area contributed by atoms with Gasteiger partial charge in [-0.3, -0.25) is 4.79 Å². The van der Waals surface area contributed by atoms with Gasteiger partial charge in [-0.1, -0.05) is 59.1 Å². The van der Waals surface area contributed by atoms with Crippen LogP contribution in [0.5, 0.6) is 0 Å². The lowest BCUT2D eigenvalue weighted by molar-refractivity contribution is 0.657. The quantitative estimate of drug-likeness (QED) is 0.271. The first-order chi connectivity index (χ1) is 17.5. The molecule has 1 N–H and O–H groups in total. The topological polar surface area (TPSA) is 71.5 Å². The molecule has 0 saturated carbocycles. The van der Waals surface area contributed by atoms with E-state index in [0.717, 1.165) is 72.2 Å². The summed E-state index contributed by atoms with van der Waals surface area (Å²) in [6.45, 7) is 0. The van der Waals surface area contributed by atoms with Gasteiger partial charge >= 0.3 is 0 Å².